The van der Waals surface area contributed by atoms with Crippen LogP contribution in [0.2, 0.25) is 0 Å². The normalized spacial score (nSPS) is 20.9. The Hall–Kier alpha value is -3.32. The van der Waals surface area contributed by atoms with E-state index in [1.54, 1.807) is 0 Å². The molecule has 2 amide bonds. The van der Waals surface area contributed by atoms with Gasteiger partial charge in [-0.05, 0) is 24.1 Å². The molecule has 12 nitrogen and oxygen atoms in total. The topological polar surface area (TPSA) is 194 Å². The molecule has 35 heavy (non-hydrogen) atoms. The van der Waals surface area contributed by atoms with Gasteiger partial charge in [0.1, 0.15) is 12.6 Å². The lowest BCUT2D eigenvalue weighted by molar-refractivity contribution is -0.170. The van der Waals surface area contributed by atoms with Crippen molar-refractivity contribution in [1.82, 2.24) is 10.6 Å². The van der Waals surface area contributed by atoms with E-state index in [1.165, 1.54) is 32.0 Å². The third-order valence-electron chi connectivity index (χ3n) is 5.03. The summed E-state index contributed by atoms with van der Waals surface area (Å²) in [6.45, 7) is 2.70. The van der Waals surface area contributed by atoms with Gasteiger partial charge in [-0.15, -0.1) is 0 Å². The fraction of sp³-hybridized carbons (Fsp3) is 0.500. The molecule has 1 aliphatic heterocycles. The molecule has 0 unspecified atom stereocenters. The van der Waals surface area contributed by atoms with Gasteiger partial charge in [0.15, 0.2) is 17.6 Å². The maximum Gasteiger partial charge on any atom is 0.385 e. The van der Waals surface area contributed by atoms with E-state index in [0.717, 1.165) is 0 Å². The smallest absolute Gasteiger partial charge is 0.385 e. The zero-order valence-electron chi connectivity index (χ0n) is 19.4. The van der Waals surface area contributed by atoms with Crippen LogP contribution in [-0.2, 0) is 39.9 Å². The molecule has 0 aliphatic carbocycles. The highest BCUT2D eigenvalue weighted by atomic mass is 32.2. The summed E-state index contributed by atoms with van der Waals surface area (Å²) in [5.41, 5.74) is 5.11. The van der Waals surface area contributed by atoms with Gasteiger partial charge in [0.05, 0.1) is 0 Å². The van der Waals surface area contributed by atoms with Gasteiger partial charge in [-0.1, -0.05) is 31.7 Å². The van der Waals surface area contributed by atoms with E-state index in [2.05, 4.69) is 10.6 Å². The van der Waals surface area contributed by atoms with E-state index in [4.69, 9.17) is 15.2 Å². The van der Waals surface area contributed by atoms with E-state index in [9.17, 15) is 34.2 Å². The fourth-order valence-electron chi connectivity index (χ4n) is 3.06. The van der Waals surface area contributed by atoms with Crippen LogP contribution in [0.15, 0.2) is 18.2 Å². The Morgan fingerprint density at radius 3 is 2.60 bits per heavy atom. The molecule has 2 rings (SSSR count). The number of benzene rings is 1. The Kier molecular flexibility index (Phi) is 9.89. The molecular formula is C22H29N3O9S. The molecule has 1 aromatic rings. The molecule has 192 valence electrons. The van der Waals surface area contributed by atoms with Crippen LogP contribution < -0.4 is 16.4 Å². The molecule has 0 spiro atoms. The lowest BCUT2D eigenvalue weighted by Gasteiger charge is -2.32. The minimum atomic E-state index is -1.47. The molecule has 1 aliphatic rings. The highest BCUT2D eigenvalue weighted by Crippen LogP contribution is 2.27. The third-order valence-corrected chi connectivity index (χ3v) is 5.87. The SMILES string of the molecule is CC1(C)COC(=O)C(=O)SCCNC(=O)CCNC(=O)[C@@H]1OC(=O)[C@@H](N)Cc1ccc(O)c(O)c1. The Balaban J connectivity index is 2.17. The second-order valence-electron chi connectivity index (χ2n) is 8.54. The molecule has 0 bridgehead atoms. The standard InChI is InChI=1S/C22H29N3O9S/c1-22(2)11-33-20(31)21(32)35-8-7-24-16(28)5-6-25-18(29)17(22)34-19(30)13(23)9-12-3-4-14(26)15(27)10-12/h3-4,10,13,17,26-27H,5-9,11,23H2,1-2H3,(H,24,28)(H,25,29)/t13-,17-/m0/s1. The number of hydrogen-bond donors (Lipinski definition) is 5. The van der Waals surface area contributed by atoms with Crippen LogP contribution in [0.1, 0.15) is 25.8 Å². The number of carbonyl (C=O) groups is 5. The monoisotopic (exact) mass is 511 g/mol. The van der Waals surface area contributed by atoms with Crippen LogP contribution in [0.25, 0.3) is 0 Å². The average Bonchev–Trinajstić information content (AvgIpc) is 2.80. The first-order valence-electron chi connectivity index (χ1n) is 10.8. The van der Waals surface area contributed by atoms with Crippen molar-refractivity contribution in [2.45, 2.75) is 38.8 Å². The molecule has 0 radical (unpaired) electrons. The average molecular weight is 512 g/mol. The highest BCUT2D eigenvalue weighted by molar-refractivity contribution is 8.15. The van der Waals surface area contributed by atoms with Gasteiger partial charge in [0, 0.05) is 30.7 Å². The van der Waals surface area contributed by atoms with Crippen molar-refractivity contribution in [2.24, 2.45) is 11.1 Å². The summed E-state index contributed by atoms with van der Waals surface area (Å²) in [7, 11) is 0. The van der Waals surface area contributed by atoms with Crippen LogP contribution in [-0.4, -0.2) is 76.7 Å². The lowest BCUT2D eigenvalue weighted by atomic mass is 9.86. The summed E-state index contributed by atoms with van der Waals surface area (Å²) in [4.78, 5) is 61.5. The number of phenolic OH excluding ortho intramolecular Hbond substituents is 2. The summed E-state index contributed by atoms with van der Waals surface area (Å²) in [6, 6.07) is 2.71. The first-order chi connectivity index (χ1) is 16.4. The summed E-state index contributed by atoms with van der Waals surface area (Å²) in [5.74, 6) is -3.73. The molecule has 0 saturated carbocycles. The fourth-order valence-corrected chi connectivity index (χ4v) is 3.63. The number of nitrogens with two attached hydrogens (primary N) is 1. The number of esters is 2. The quantitative estimate of drug-likeness (QED) is 0.196. The largest absolute Gasteiger partial charge is 0.504 e. The van der Waals surface area contributed by atoms with Crippen molar-refractivity contribution in [3.8, 4) is 11.5 Å². The van der Waals surface area contributed by atoms with Crippen LogP contribution in [0.3, 0.4) is 0 Å². The van der Waals surface area contributed by atoms with Crippen LogP contribution in [0, 0.1) is 5.41 Å². The van der Waals surface area contributed by atoms with Gasteiger partial charge in [0.2, 0.25) is 5.91 Å². The molecule has 0 aromatic heterocycles. The van der Waals surface area contributed by atoms with E-state index >= 15 is 0 Å². The van der Waals surface area contributed by atoms with Crippen molar-refractivity contribution >= 4 is 40.6 Å². The van der Waals surface area contributed by atoms with Gasteiger partial charge in [0.25, 0.3) is 11.0 Å². The second-order valence-corrected chi connectivity index (χ2v) is 9.61. The number of thioether (sulfide) groups is 1. The molecule has 2 atom stereocenters. The number of aromatic hydroxyl groups is 2. The van der Waals surface area contributed by atoms with Gasteiger partial charge in [-0.3, -0.25) is 19.2 Å². The first-order valence-corrected chi connectivity index (χ1v) is 11.7. The number of cyclic esters (lactones) is 1. The first kappa shape index (κ1) is 27.9. The second kappa shape index (κ2) is 12.4. The summed E-state index contributed by atoms with van der Waals surface area (Å²) < 4.78 is 10.5. The predicted molar refractivity (Wildman–Crippen MR) is 124 cm³/mol. The third kappa shape index (κ3) is 8.44. The summed E-state index contributed by atoms with van der Waals surface area (Å²) in [5, 5.41) is 23.3. The predicted octanol–water partition coefficient (Wildman–Crippen LogP) is -0.655. The van der Waals surface area contributed by atoms with Crippen LogP contribution in [0.4, 0.5) is 0 Å². The summed E-state index contributed by atoms with van der Waals surface area (Å²) in [6.07, 6.45) is -1.59. The maximum atomic E-state index is 12.9. The van der Waals surface area contributed by atoms with E-state index in [-0.39, 0.29) is 49.1 Å². The minimum absolute atomic E-state index is 0.0422. The minimum Gasteiger partial charge on any atom is -0.504 e. The number of rotatable bonds is 4. The maximum absolute atomic E-state index is 12.9. The van der Waals surface area contributed by atoms with E-state index < -0.39 is 47.1 Å². The molecule has 1 fully saturated rings. The number of ether oxygens (including phenoxy) is 2. The molecule has 13 heteroatoms. The van der Waals surface area contributed by atoms with Crippen molar-refractivity contribution in [3.05, 3.63) is 23.8 Å². The van der Waals surface area contributed by atoms with Crippen molar-refractivity contribution in [2.75, 3.05) is 25.4 Å². The van der Waals surface area contributed by atoms with Crippen molar-refractivity contribution in [1.29, 1.82) is 0 Å². The number of amides is 2. The molecule has 6 N–H and O–H groups in total. The van der Waals surface area contributed by atoms with Gasteiger partial charge in [-0.2, -0.15) is 0 Å². The molecule has 1 heterocycles. The van der Waals surface area contributed by atoms with Crippen molar-refractivity contribution < 1.29 is 43.7 Å². The Bertz CT molecular complexity index is 983. The van der Waals surface area contributed by atoms with E-state index in [0.29, 0.717) is 17.3 Å². The van der Waals surface area contributed by atoms with Gasteiger partial charge in [-0.25, -0.2) is 4.79 Å². The van der Waals surface area contributed by atoms with Crippen molar-refractivity contribution in [3.63, 3.8) is 0 Å². The van der Waals surface area contributed by atoms with Gasteiger partial charge >= 0.3 is 11.9 Å². The Morgan fingerprint density at radius 2 is 1.91 bits per heavy atom. The van der Waals surface area contributed by atoms with Crippen LogP contribution >= 0.6 is 11.8 Å². The Labute approximate surface area is 205 Å². The molecule has 1 aromatic carbocycles. The van der Waals surface area contributed by atoms with E-state index in [1.807, 2.05) is 0 Å². The van der Waals surface area contributed by atoms with Gasteiger partial charge < -0.3 is 36.1 Å². The zero-order chi connectivity index (χ0) is 26.2. The number of carbonyl (C=O) groups excluding carboxylic acids is 5. The number of hydrogen-bond acceptors (Lipinski definition) is 11. The number of phenols is 2. The highest BCUT2D eigenvalue weighted by Gasteiger charge is 2.41. The van der Waals surface area contributed by atoms with Crippen LogP contribution in [0.5, 0.6) is 11.5 Å². The zero-order valence-corrected chi connectivity index (χ0v) is 20.2. The molecule has 1 saturated heterocycles. The lowest BCUT2D eigenvalue weighted by Crippen LogP contribution is -2.51. The molecular weight excluding hydrogens is 482 g/mol. The number of nitrogens with one attached hydrogen (secondary N) is 2. The summed E-state index contributed by atoms with van der Waals surface area (Å²) >= 11 is 0.691. The Morgan fingerprint density at radius 1 is 1.20 bits per heavy atom.